The fourth-order valence-electron chi connectivity index (χ4n) is 1.33. The normalized spacial score (nSPS) is 10.7. The van der Waals surface area contributed by atoms with Crippen LogP contribution in [0.1, 0.15) is 4.88 Å². The molecule has 2 aromatic heterocycles. The van der Waals surface area contributed by atoms with E-state index in [-0.39, 0.29) is 0 Å². The molecule has 2 heterocycles. The molecule has 4 nitrogen and oxygen atoms in total. The van der Waals surface area contributed by atoms with Crippen molar-refractivity contribution in [2.24, 2.45) is 7.05 Å². The minimum atomic E-state index is 0.913. The fraction of sp³-hybridized carbons (Fsp3) is 0.333. The summed E-state index contributed by atoms with van der Waals surface area (Å²) in [6.07, 6.45) is 1.78. The summed E-state index contributed by atoms with van der Waals surface area (Å²) in [7, 11) is 3.85. The van der Waals surface area contributed by atoms with Crippen molar-refractivity contribution in [3.63, 3.8) is 0 Å². The van der Waals surface area contributed by atoms with E-state index in [9.17, 15) is 0 Å². The molecule has 0 bridgehead atoms. The van der Waals surface area contributed by atoms with Gasteiger partial charge in [-0.1, -0.05) is 5.21 Å². The van der Waals surface area contributed by atoms with Crippen molar-refractivity contribution in [3.8, 4) is 11.3 Å². The first-order valence-corrected chi connectivity index (χ1v) is 5.26. The van der Waals surface area contributed by atoms with Crippen LogP contribution in [-0.2, 0) is 13.6 Å². The Morgan fingerprint density at radius 3 is 3.07 bits per heavy atom. The quantitative estimate of drug-likeness (QED) is 0.826. The molecule has 0 atom stereocenters. The molecule has 2 rings (SSSR count). The highest BCUT2D eigenvalue weighted by molar-refractivity contribution is 7.10. The number of hydrogen-bond donors (Lipinski definition) is 1. The number of aromatic nitrogens is 3. The molecular weight excluding hydrogens is 196 g/mol. The number of thiophene rings is 1. The maximum atomic E-state index is 3.90. The van der Waals surface area contributed by atoms with Gasteiger partial charge in [-0.25, -0.2) is 4.68 Å². The van der Waals surface area contributed by atoms with Gasteiger partial charge in [0, 0.05) is 29.4 Å². The van der Waals surface area contributed by atoms with Crippen LogP contribution >= 0.6 is 11.3 Å². The summed E-state index contributed by atoms with van der Waals surface area (Å²) in [5, 5.41) is 13.0. The lowest BCUT2D eigenvalue weighted by Crippen LogP contribution is -2.02. The van der Waals surface area contributed by atoms with Crippen molar-refractivity contribution >= 4 is 11.3 Å². The summed E-state index contributed by atoms with van der Waals surface area (Å²) in [6, 6.07) is 2.17. The van der Waals surface area contributed by atoms with Gasteiger partial charge in [0.15, 0.2) is 0 Å². The molecule has 0 aliphatic heterocycles. The van der Waals surface area contributed by atoms with E-state index in [0.717, 1.165) is 12.2 Å². The zero-order valence-corrected chi connectivity index (χ0v) is 9.01. The van der Waals surface area contributed by atoms with E-state index in [2.05, 4.69) is 27.1 Å². The molecule has 0 aliphatic carbocycles. The van der Waals surface area contributed by atoms with Crippen LogP contribution in [0.5, 0.6) is 0 Å². The van der Waals surface area contributed by atoms with Crippen molar-refractivity contribution in [1.82, 2.24) is 20.3 Å². The Balaban J connectivity index is 2.29. The maximum absolute atomic E-state index is 3.90. The van der Waals surface area contributed by atoms with Gasteiger partial charge >= 0.3 is 0 Å². The summed E-state index contributed by atoms with van der Waals surface area (Å²) in [5.74, 6) is 0. The largest absolute Gasteiger partial charge is 0.315 e. The van der Waals surface area contributed by atoms with Crippen LogP contribution in [0.25, 0.3) is 11.3 Å². The molecule has 0 saturated heterocycles. The van der Waals surface area contributed by atoms with Gasteiger partial charge in [-0.2, -0.15) is 0 Å². The molecule has 0 amide bonds. The number of aryl methyl sites for hydroxylation is 1. The van der Waals surface area contributed by atoms with Crippen LogP contribution < -0.4 is 5.32 Å². The molecule has 1 N–H and O–H groups in total. The lowest BCUT2D eigenvalue weighted by Gasteiger charge is -1.95. The Hall–Kier alpha value is -1.20. The standard InChI is InChI=1S/C9H12N4S/c1-10-4-8-3-7(6-14-8)9-5-11-12-13(9)2/h3,5-6,10H,4H2,1-2H3. The highest BCUT2D eigenvalue weighted by Crippen LogP contribution is 2.24. The van der Waals surface area contributed by atoms with Gasteiger partial charge in [-0.05, 0) is 13.1 Å². The number of nitrogens with one attached hydrogen (secondary N) is 1. The molecule has 0 unspecified atom stereocenters. The number of nitrogens with zero attached hydrogens (tertiary/aromatic N) is 3. The first-order chi connectivity index (χ1) is 6.81. The topological polar surface area (TPSA) is 42.7 Å². The van der Waals surface area contributed by atoms with Gasteiger partial charge in [0.2, 0.25) is 0 Å². The monoisotopic (exact) mass is 208 g/mol. The molecule has 74 valence electrons. The summed E-state index contributed by atoms with van der Waals surface area (Å²) < 4.78 is 1.78. The molecule has 0 aliphatic rings. The first kappa shape index (κ1) is 9.36. The second kappa shape index (κ2) is 3.89. The Morgan fingerprint density at radius 1 is 1.57 bits per heavy atom. The highest BCUT2D eigenvalue weighted by atomic mass is 32.1. The minimum absolute atomic E-state index is 0.913. The maximum Gasteiger partial charge on any atom is 0.0890 e. The molecule has 5 heteroatoms. The summed E-state index contributed by atoms with van der Waals surface area (Å²) in [4.78, 5) is 1.32. The van der Waals surface area contributed by atoms with E-state index < -0.39 is 0 Å². The fourth-order valence-corrected chi connectivity index (χ4v) is 2.22. The smallest absolute Gasteiger partial charge is 0.0890 e. The van der Waals surface area contributed by atoms with E-state index in [1.165, 1.54) is 10.4 Å². The Kier molecular flexibility index (Phi) is 2.60. The third-order valence-electron chi connectivity index (χ3n) is 2.01. The van der Waals surface area contributed by atoms with E-state index in [1.807, 2.05) is 14.1 Å². The number of rotatable bonds is 3. The average molecular weight is 208 g/mol. The average Bonchev–Trinajstić information content (AvgIpc) is 2.74. The summed E-state index contributed by atoms with van der Waals surface area (Å²) in [5.41, 5.74) is 2.25. The molecule has 2 aromatic rings. The van der Waals surface area contributed by atoms with Gasteiger partial charge < -0.3 is 5.32 Å². The van der Waals surface area contributed by atoms with Gasteiger partial charge in [0.05, 0.1) is 11.9 Å². The Labute approximate surface area is 86.6 Å². The third kappa shape index (κ3) is 1.69. The molecule has 0 aromatic carbocycles. The van der Waals surface area contributed by atoms with Gasteiger partial charge in [-0.15, -0.1) is 16.4 Å². The van der Waals surface area contributed by atoms with Crippen molar-refractivity contribution in [2.45, 2.75) is 6.54 Å². The molecule has 14 heavy (non-hydrogen) atoms. The van der Waals surface area contributed by atoms with Crippen LogP contribution in [-0.4, -0.2) is 22.0 Å². The van der Waals surface area contributed by atoms with Crippen LogP contribution in [0, 0.1) is 0 Å². The van der Waals surface area contributed by atoms with Crippen molar-refractivity contribution < 1.29 is 0 Å². The van der Waals surface area contributed by atoms with E-state index in [0.29, 0.717) is 0 Å². The lowest BCUT2D eigenvalue weighted by molar-refractivity contribution is 0.721. The Bertz CT molecular complexity index is 418. The van der Waals surface area contributed by atoms with Gasteiger partial charge in [0.1, 0.15) is 0 Å². The molecular formula is C9H12N4S. The summed E-state index contributed by atoms with van der Waals surface area (Å²) in [6.45, 7) is 0.913. The minimum Gasteiger partial charge on any atom is -0.315 e. The second-order valence-corrected chi connectivity index (χ2v) is 4.07. The Morgan fingerprint density at radius 2 is 2.43 bits per heavy atom. The van der Waals surface area contributed by atoms with Crippen LogP contribution in [0.15, 0.2) is 17.6 Å². The van der Waals surface area contributed by atoms with Gasteiger partial charge in [-0.3, -0.25) is 0 Å². The zero-order chi connectivity index (χ0) is 9.97. The SMILES string of the molecule is CNCc1cc(-c2cnnn2C)cs1. The highest BCUT2D eigenvalue weighted by Gasteiger charge is 2.05. The third-order valence-corrected chi connectivity index (χ3v) is 2.95. The van der Waals surface area contributed by atoms with Crippen molar-refractivity contribution in [2.75, 3.05) is 7.05 Å². The molecule has 0 saturated carbocycles. The predicted octanol–water partition coefficient (Wildman–Crippen LogP) is 1.26. The molecule has 0 radical (unpaired) electrons. The molecule has 0 spiro atoms. The van der Waals surface area contributed by atoms with Crippen molar-refractivity contribution in [3.05, 3.63) is 22.5 Å². The van der Waals surface area contributed by atoms with Crippen molar-refractivity contribution in [1.29, 1.82) is 0 Å². The van der Waals surface area contributed by atoms with E-state index in [1.54, 1.807) is 22.2 Å². The van der Waals surface area contributed by atoms with Crippen LogP contribution in [0.3, 0.4) is 0 Å². The zero-order valence-electron chi connectivity index (χ0n) is 8.19. The first-order valence-electron chi connectivity index (χ1n) is 4.38. The number of hydrogen-bond acceptors (Lipinski definition) is 4. The van der Waals surface area contributed by atoms with Crippen LogP contribution in [0.2, 0.25) is 0 Å². The second-order valence-electron chi connectivity index (χ2n) is 3.07. The van der Waals surface area contributed by atoms with E-state index in [4.69, 9.17) is 0 Å². The lowest BCUT2D eigenvalue weighted by atomic mass is 10.2. The molecule has 0 fully saturated rings. The van der Waals surface area contributed by atoms with E-state index >= 15 is 0 Å². The predicted molar refractivity (Wildman–Crippen MR) is 57.1 cm³/mol. The van der Waals surface area contributed by atoms with Crippen LogP contribution in [0.4, 0.5) is 0 Å². The summed E-state index contributed by atoms with van der Waals surface area (Å²) >= 11 is 1.75. The van der Waals surface area contributed by atoms with Gasteiger partial charge in [0.25, 0.3) is 0 Å².